The van der Waals surface area contributed by atoms with Gasteiger partial charge in [-0.25, -0.2) is 0 Å². The van der Waals surface area contributed by atoms with Crippen molar-refractivity contribution in [3.05, 3.63) is 60.3 Å². The van der Waals surface area contributed by atoms with Crippen molar-refractivity contribution in [3.8, 4) is 17.6 Å². The summed E-state index contributed by atoms with van der Waals surface area (Å²) in [5.41, 5.74) is 1.85. The minimum absolute atomic E-state index is 0.685. The summed E-state index contributed by atoms with van der Waals surface area (Å²) in [6, 6.07) is 11.3. The van der Waals surface area contributed by atoms with Gasteiger partial charge in [-0.1, -0.05) is 12.1 Å². The maximum Gasteiger partial charge on any atom is 0.145 e. The van der Waals surface area contributed by atoms with Gasteiger partial charge >= 0.3 is 0 Å². The van der Waals surface area contributed by atoms with Crippen molar-refractivity contribution < 1.29 is 4.74 Å². The Balaban J connectivity index is 2.26. The third kappa shape index (κ3) is 2.82. The Hall–Kier alpha value is -2.34. The van der Waals surface area contributed by atoms with Crippen molar-refractivity contribution in [2.75, 3.05) is 0 Å². The van der Waals surface area contributed by atoms with Gasteiger partial charge in [0.05, 0.1) is 18.7 Å². The van der Waals surface area contributed by atoms with Crippen molar-refractivity contribution >= 4 is 0 Å². The Morgan fingerprint density at radius 3 is 2.94 bits per heavy atom. The lowest BCUT2D eigenvalue weighted by Gasteiger charge is -2.09. The Labute approximate surface area is 100 Å². The van der Waals surface area contributed by atoms with E-state index in [4.69, 9.17) is 10.00 Å². The van der Waals surface area contributed by atoms with Crippen LogP contribution in [-0.2, 0) is 0 Å². The molecular formula is C14H11N2O. The highest BCUT2D eigenvalue weighted by Gasteiger charge is 2.03. The van der Waals surface area contributed by atoms with Crippen LogP contribution in [0.3, 0.4) is 0 Å². The van der Waals surface area contributed by atoms with Gasteiger partial charge in [0.2, 0.25) is 0 Å². The van der Waals surface area contributed by atoms with E-state index < -0.39 is 0 Å². The van der Waals surface area contributed by atoms with E-state index in [0.29, 0.717) is 5.75 Å². The monoisotopic (exact) mass is 223 g/mol. The molecule has 0 aliphatic heterocycles. The third-order valence-electron chi connectivity index (χ3n) is 2.31. The molecule has 0 aliphatic carbocycles. The molecule has 2 rings (SSSR count). The molecule has 0 bridgehead atoms. The number of hydrogen-bond acceptors (Lipinski definition) is 3. The summed E-state index contributed by atoms with van der Waals surface area (Å²) in [6.45, 7) is 1.96. The Kier molecular flexibility index (Phi) is 3.37. The summed E-state index contributed by atoms with van der Waals surface area (Å²) in [6.07, 6.45) is 4.83. The van der Waals surface area contributed by atoms with Gasteiger partial charge in [-0.3, -0.25) is 4.98 Å². The van der Waals surface area contributed by atoms with Crippen LogP contribution in [0, 0.1) is 24.7 Å². The highest BCUT2D eigenvalue weighted by atomic mass is 16.5. The number of nitrogens with zero attached hydrogens (tertiary/aromatic N) is 2. The second-order valence-electron chi connectivity index (χ2n) is 3.59. The van der Waals surface area contributed by atoms with Crippen molar-refractivity contribution in [1.29, 1.82) is 5.26 Å². The van der Waals surface area contributed by atoms with Gasteiger partial charge in [0.1, 0.15) is 11.5 Å². The van der Waals surface area contributed by atoms with E-state index in [0.717, 1.165) is 16.9 Å². The first-order valence-corrected chi connectivity index (χ1v) is 5.21. The summed E-state index contributed by atoms with van der Waals surface area (Å²) in [4.78, 5) is 3.98. The molecule has 3 heteroatoms. The number of aryl methyl sites for hydroxylation is 1. The number of rotatable bonds is 3. The second-order valence-corrected chi connectivity index (χ2v) is 3.59. The van der Waals surface area contributed by atoms with Crippen molar-refractivity contribution in [3.63, 3.8) is 0 Å². The van der Waals surface area contributed by atoms with E-state index in [-0.39, 0.29) is 0 Å². The molecule has 3 nitrogen and oxygen atoms in total. The smallest absolute Gasteiger partial charge is 0.145 e. The van der Waals surface area contributed by atoms with Gasteiger partial charge in [-0.05, 0) is 36.2 Å². The topological polar surface area (TPSA) is 45.9 Å². The summed E-state index contributed by atoms with van der Waals surface area (Å²) in [5, 5.41) is 8.61. The lowest BCUT2D eigenvalue weighted by Crippen LogP contribution is -1.90. The molecule has 83 valence electrons. The van der Waals surface area contributed by atoms with Crippen LogP contribution in [0.4, 0.5) is 0 Å². The quantitative estimate of drug-likeness (QED) is 0.802. The SMILES string of the molecule is Cc1ccc([CH]C#N)cc1Oc1cccnc1. The van der Waals surface area contributed by atoms with Crippen molar-refractivity contribution in [1.82, 2.24) is 4.98 Å². The molecular weight excluding hydrogens is 212 g/mol. The van der Waals surface area contributed by atoms with Gasteiger partial charge in [0.25, 0.3) is 0 Å². The molecule has 0 amide bonds. The van der Waals surface area contributed by atoms with Crippen molar-refractivity contribution in [2.45, 2.75) is 6.92 Å². The normalized spacial score (nSPS) is 9.65. The molecule has 0 fully saturated rings. The summed E-state index contributed by atoms with van der Waals surface area (Å²) < 4.78 is 5.70. The highest BCUT2D eigenvalue weighted by molar-refractivity contribution is 5.43. The second kappa shape index (κ2) is 5.13. The zero-order valence-corrected chi connectivity index (χ0v) is 9.42. The Morgan fingerprint density at radius 1 is 1.35 bits per heavy atom. The first kappa shape index (κ1) is 11.2. The third-order valence-corrected chi connectivity index (χ3v) is 2.31. The molecule has 0 N–H and O–H groups in total. The first-order chi connectivity index (χ1) is 8.29. The van der Waals surface area contributed by atoms with Crippen LogP contribution in [0.5, 0.6) is 11.5 Å². The molecule has 1 aromatic carbocycles. The molecule has 1 aromatic heterocycles. The van der Waals surface area contributed by atoms with E-state index in [1.165, 1.54) is 6.42 Å². The molecule has 0 saturated carbocycles. The molecule has 17 heavy (non-hydrogen) atoms. The Bertz CT molecular complexity index is 544. The molecule has 1 heterocycles. The lowest BCUT2D eigenvalue weighted by atomic mass is 10.1. The zero-order chi connectivity index (χ0) is 12.1. The number of ether oxygens (including phenoxy) is 1. The maximum absolute atomic E-state index is 8.61. The van der Waals surface area contributed by atoms with Gasteiger partial charge < -0.3 is 4.74 Å². The van der Waals surface area contributed by atoms with E-state index in [9.17, 15) is 0 Å². The molecule has 0 unspecified atom stereocenters. The van der Waals surface area contributed by atoms with E-state index in [2.05, 4.69) is 4.98 Å². The van der Waals surface area contributed by atoms with Gasteiger partial charge in [-0.15, -0.1) is 0 Å². The zero-order valence-electron chi connectivity index (χ0n) is 9.42. The van der Waals surface area contributed by atoms with Gasteiger partial charge in [0.15, 0.2) is 0 Å². The van der Waals surface area contributed by atoms with E-state index in [1.807, 2.05) is 43.3 Å². The minimum atomic E-state index is 0.685. The Morgan fingerprint density at radius 2 is 2.24 bits per heavy atom. The van der Waals surface area contributed by atoms with Crippen LogP contribution in [0.15, 0.2) is 42.7 Å². The van der Waals surface area contributed by atoms with Crippen LogP contribution in [0.25, 0.3) is 0 Å². The molecule has 0 saturated heterocycles. The van der Waals surface area contributed by atoms with Gasteiger partial charge in [0, 0.05) is 6.20 Å². The first-order valence-electron chi connectivity index (χ1n) is 5.21. The average molecular weight is 223 g/mol. The molecule has 1 radical (unpaired) electrons. The predicted octanol–water partition coefficient (Wildman–Crippen LogP) is 3.26. The predicted molar refractivity (Wildman–Crippen MR) is 64.5 cm³/mol. The maximum atomic E-state index is 8.61. The van der Waals surface area contributed by atoms with Crippen molar-refractivity contribution in [2.24, 2.45) is 0 Å². The van der Waals surface area contributed by atoms with E-state index in [1.54, 1.807) is 12.4 Å². The number of benzene rings is 1. The average Bonchev–Trinajstić information content (AvgIpc) is 2.35. The molecule has 2 aromatic rings. The fourth-order valence-electron chi connectivity index (χ4n) is 1.43. The fourth-order valence-corrected chi connectivity index (χ4v) is 1.43. The summed E-state index contributed by atoms with van der Waals surface area (Å²) in [5.74, 6) is 1.42. The van der Waals surface area contributed by atoms with Gasteiger partial charge in [-0.2, -0.15) is 5.26 Å². The number of hydrogen-bond donors (Lipinski definition) is 0. The largest absolute Gasteiger partial charge is 0.455 e. The fraction of sp³-hybridized carbons (Fsp3) is 0.0714. The van der Waals surface area contributed by atoms with Crippen LogP contribution in [0.1, 0.15) is 11.1 Å². The number of nitriles is 1. The summed E-state index contributed by atoms with van der Waals surface area (Å²) >= 11 is 0. The lowest BCUT2D eigenvalue weighted by molar-refractivity contribution is 0.476. The number of aromatic nitrogens is 1. The van der Waals surface area contributed by atoms with Crippen LogP contribution < -0.4 is 4.74 Å². The molecule has 0 aliphatic rings. The van der Waals surface area contributed by atoms with Crippen LogP contribution >= 0.6 is 0 Å². The van der Waals surface area contributed by atoms with E-state index >= 15 is 0 Å². The van der Waals surface area contributed by atoms with Crippen LogP contribution in [-0.4, -0.2) is 4.98 Å². The number of pyridine rings is 1. The summed E-state index contributed by atoms with van der Waals surface area (Å²) in [7, 11) is 0. The van der Waals surface area contributed by atoms with Crippen LogP contribution in [0.2, 0.25) is 0 Å². The minimum Gasteiger partial charge on any atom is -0.455 e. The standard InChI is InChI=1S/C14H11N2O/c1-11-4-5-12(6-7-15)9-14(11)17-13-3-2-8-16-10-13/h2-6,8-10H,1H3. The highest BCUT2D eigenvalue weighted by Crippen LogP contribution is 2.25. The molecule has 0 spiro atoms. The molecule has 0 atom stereocenters.